The molecule has 152 valence electrons. The predicted octanol–water partition coefficient (Wildman–Crippen LogP) is 3.58. The number of nitrogens with zero attached hydrogens (tertiary/aromatic N) is 1. The Morgan fingerprint density at radius 2 is 1.39 bits per heavy atom. The molecule has 0 unspecified atom stereocenters. The Morgan fingerprint density at radius 1 is 0.857 bits per heavy atom. The summed E-state index contributed by atoms with van der Waals surface area (Å²) in [6.07, 6.45) is 4.88. The van der Waals surface area contributed by atoms with Crippen LogP contribution in [0.5, 0.6) is 0 Å². The SMILES string of the molecule is CN(C1CCCCC1)S(=O)(=O)c1ccc(NS(=O)(=O)c2ccc(F)cc2)cc1. The largest absolute Gasteiger partial charge is 0.280 e. The fourth-order valence-corrected chi connectivity index (χ4v) is 5.80. The molecule has 0 saturated heterocycles. The summed E-state index contributed by atoms with van der Waals surface area (Å²) in [4.78, 5) is 0.0351. The summed E-state index contributed by atoms with van der Waals surface area (Å²) in [5.41, 5.74) is 0.226. The van der Waals surface area contributed by atoms with Gasteiger partial charge in [0.1, 0.15) is 5.82 Å². The molecule has 0 atom stereocenters. The van der Waals surface area contributed by atoms with E-state index < -0.39 is 25.9 Å². The van der Waals surface area contributed by atoms with Crippen molar-refractivity contribution in [3.63, 3.8) is 0 Å². The summed E-state index contributed by atoms with van der Waals surface area (Å²) in [6.45, 7) is 0. The van der Waals surface area contributed by atoms with Gasteiger partial charge in [-0.05, 0) is 61.4 Å². The third-order valence-electron chi connectivity index (χ3n) is 5.00. The smallest absolute Gasteiger partial charge is 0.261 e. The fourth-order valence-electron chi connectivity index (χ4n) is 3.33. The first-order valence-electron chi connectivity index (χ1n) is 9.07. The lowest BCUT2D eigenvalue weighted by atomic mass is 9.96. The van der Waals surface area contributed by atoms with Gasteiger partial charge >= 0.3 is 0 Å². The topological polar surface area (TPSA) is 83.6 Å². The second kappa shape index (κ2) is 8.18. The van der Waals surface area contributed by atoms with Crippen molar-refractivity contribution in [1.29, 1.82) is 0 Å². The molecule has 6 nitrogen and oxygen atoms in total. The Kier molecular flexibility index (Phi) is 6.07. The van der Waals surface area contributed by atoms with Crippen molar-refractivity contribution in [1.82, 2.24) is 4.31 Å². The van der Waals surface area contributed by atoms with Gasteiger partial charge in [0.15, 0.2) is 0 Å². The van der Waals surface area contributed by atoms with Crippen molar-refractivity contribution in [2.75, 3.05) is 11.8 Å². The molecule has 9 heteroatoms. The molecule has 2 aromatic rings. The van der Waals surface area contributed by atoms with Crippen LogP contribution in [0.3, 0.4) is 0 Å². The summed E-state index contributed by atoms with van der Waals surface area (Å²) in [7, 11) is -5.94. The summed E-state index contributed by atoms with van der Waals surface area (Å²) < 4.78 is 67.1. The molecule has 28 heavy (non-hydrogen) atoms. The number of hydrogen-bond donors (Lipinski definition) is 1. The van der Waals surface area contributed by atoms with Crippen LogP contribution in [-0.2, 0) is 20.0 Å². The van der Waals surface area contributed by atoms with Crippen LogP contribution < -0.4 is 4.72 Å². The highest BCUT2D eigenvalue weighted by Crippen LogP contribution is 2.27. The average Bonchev–Trinajstić information content (AvgIpc) is 2.68. The van der Waals surface area contributed by atoms with Gasteiger partial charge in [0, 0.05) is 18.8 Å². The molecule has 0 heterocycles. The van der Waals surface area contributed by atoms with Crippen LogP contribution in [0.4, 0.5) is 10.1 Å². The van der Waals surface area contributed by atoms with Gasteiger partial charge in [-0.3, -0.25) is 4.72 Å². The minimum absolute atomic E-state index is 0.00425. The number of benzene rings is 2. The summed E-state index contributed by atoms with van der Waals surface area (Å²) in [5, 5.41) is 0. The lowest BCUT2D eigenvalue weighted by molar-refractivity contribution is 0.286. The van der Waals surface area contributed by atoms with E-state index in [1.807, 2.05) is 0 Å². The Morgan fingerprint density at radius 3 is 1.96 bits per heavy atom. The molecule has 1 saturated carbocycles. The third kappa shape index (κ3) is 4.53. The summed E-state index contributed by atoms with van der Waals surface area (Å²) >= 11 is 0. The van der Waals surface area contributed by atoms with E-state index in [9.17, 15) is 21.2 Å². The van der Waals surface area contributed by atoms with Gasteiger partial charge in [0.25, 0.3) is 10.0 Å². The summed E-state index contributed by atoms with van der Waals surface area (Å²) in [6, 6.07) is 10.0. The zero-order valence-electron chi connectivity index (χ0n) is 15.5. The van der Waals surface area contributed by atoms with Gasteiger partial charge in [-0.15, -0.1) is 0 Å². The fraction of sp³-hybridized carbons (Fsp3) is 0.368. The van der Waals surface area contributed by atoms with Crippen molar-refractivity contribution >= 4 is 25.7 Å². The van der Waals surface area contributed by atoms with Gasteiger partial charge in [-0.25, -0.2) is 21.2 Å². The van der Waals surface area contributed by atoms with Gasteiger partial charge in [-0.2, -0.15) is 4.31 Å². The maximum atomic E-state index is 13.0. The minimum atomic E-state index is -3.89. The molecule has 0 spiro atoms. The number of rotatable bonds is 6. The van der Waals surface area contributed by atoms with E-state index in [2.05, 4.69) is 4.72 Å². The molecule has 1 aliphatic carbocycles. The van der Waals surface area contributed by atoms with E-state index in [1.165, 1.54) is 28.6 Å². The zero-order chi connectivity index (χ0) is 20.4. The molecule has 3 rings (SSSR count). The van der Waals surface area contributed by atoms with Crippen LogP contribution in [0.25, 0.3) is 0 Å². The monoisotopic (exact) mass is 426 g/mol. The number of anilines is 1. The Labute approximate surface area is 165 Å². The lowest BCUT2D eigenvalue weighted by Gasteiger charge is -2.30. The Balaban J connectivity index is 1.76. The second-order valence-corrected chi connectivity index (χ2v) is 10.6. The predicted molar refractivity (Wildman–Crippen MR) is 105 cm³/mol. The molecule has 0 amide bonds. The standard InChI is InChI=1S/C19H23FN2O4S2/c1-22(17-5-3-2-4-6-17)28(25,26)19-13-9-16(10-14-19)21-27(23,24)18-11-7-15(20)8-12-18/h7-14,17,21H,2-6H2,1H3. The first-order valence-corrected chi connectivity index (χ1v) is 12.0. The lowest BCUT2D eigenvalue weighted by Crippen LogP contribution is -2.38. The van der Waals surface area contributed by atoms with Crippen molar-refractivity contribution in [3.8, 4) is 0 Å². The molecular formula is C19H23FN2O4S2. The first kappa shape index (κ1) is 20.8. The number of sulfonamides is 2. The van der Waals surface area contributed by atoms with Crippen LogP contribution in [0.2, 0.25) is 0 Å². The Bertz CT molecular complexity index is 1010. The van der Waals surface area contributed by atoms with Crippen LogP contribution >= 0.6 is 0 Å². The minimum Gasteiger partial charge on any atom is -0.280 e. The Hall–Kier alpha value is -1.97. The first-order chi connectivity index (χ1) is 13.2. The molecule has 0 aromatic heterocycles. The maximum Gasteiger partial charge on any atom is 0.261 e. The molecule has 1 aliphatic rings. The molecule has 2 aromatic carbocycles. The number of nitrogens with one attached hydrogen (secondary N) is 1. The van der Waals surface area contributed by atoms with E-state index in [-0.39, 0.29) is 21.5 Å². The zero-order valence-corrected chi connectivity index (χ0v) is 17.1. The van der Waals surface area contributed by atoms with Crippen molar-refractivity contribution in [2.24, 2.45) is 0 Å². The van der Waals surface area contributed by atoms with Crippen molar-refractivity contribution < 1.29 is 21.2 Å². The van der Waals surface area contributed by atoms with E-state index in [0.717, 1.165) is 56.4 Å². The van der Waals surface area contributed by atoms with Gasteiger partial charge in [0.2, 0.25) is 10.0 Å². The van der Waals surface area contributed by atoms with Gasteiger partial charge < -0.3 is 0 Å². The number of halogens is 1. The summed E-state index contributed by atoms with van der Waals surface area (Å²) in [5.74, 6) is -0.532. The molecule has 1 fully saturated rings. The highest BCUT2D eigenvalue weighted by molar-refractivity contribution is 7.92. The van der Waals surface area contributed by atoms with E-state index in [4.69, 9.17) is 0 Å². The van der Waals surface area contributed by atoms with Crippen LogP contribution in [0.15, 0.2) is 58.3 Å². The molecule has 0 radical (unpaired) electrons. The van der Waals surface area contributed by atoms with Gasteiger partial charge in [-0.1, -0.05) is 19.3 Å². The maximum absolute atomic E-state index is 13.0. The van der Waals surface area contributed by atoms with Crippen molar-refractivity contribution in [3.05, 3.63) is 54.3 Å². The van der Waals surface area contributed by atoms with Crippen molar-refractivity contribution in [2.45, 2.75) is 47.9 Å². The van der Waals surface area contributed by atoms with Gasteiger partial charge in [0.05, 0.1) is 9.79 Å². The second-order valence-electron chi connectivity index (χ2n) is 6.90. The molecule has 0 aliphatic heterocycles. The van der Waals surface area contributed by atoms with E-state index in [0.29, 0.717) is 0 Å². The van der Waals surface area contributed by atoms with E-state index >= 15 is 0 Å². The quantitative estimate of drug-likeness (QED) is 0.765. The molecular weight excluding hydrogens is 403 g/mol. The highest BCUT2D eigenvalue weighted by atomic mass is 32.2. The average molecular weight is 427 g/mol. The molecule has 0 bridgehead atoms. The normalized spacial score (nSPS) is 16.2. The van der Waals surface area contributed by atoms with Crippen LogP contribution in [0, 0.1) is 5.82 Å². The number of hydrogen-bond acceptors (Lipinski definition) is 4. The molecule has 1 N–H and O–H groups in total. The third-order valence-corrected chi connectivity index (χ3v) is 8.32. The van der Waals surface area contributed by atoms with Crippen LogP contribution in [-0.4, -0.2) is 34.2 Å². The van der Waals surface area contributed by atoms with E-state index in [1.54, 1.807) is 7.05 Å². The highest BCUT2D eigenvalue weighted by Gasteiger charge is 2.29. The van der Waals surface area contributed by atoms with Crippen LogP contribution in [0.1, 0.15) is 32.1 Å².